The van der Waals surface area contributed by atoms with E-state index in [-0.39, 0.29) is 0 Å². The number of likely N-dealkylation sites (N-methyl/N-ethyl adjacent to an activating group) is 1. The van der Waals surface area contributed by atoms with Crippen molar-refractivity contribution < 1.29 is 9.90 Å². The number of benzene rings is 1. The Labute approximate surface area is 121 Å². The lowest BCUT2D eigenvalue weighted by Gasteiger charge is -2.27. The molecular formula is C16H26N2O2. The summed E-state index contributed by atoms with van der Waals surface area (Å²) in [6.45, 7) is 7.73. The summed E-state index contributed by atoms with van der Waals surface area (Å²) in [5.74, 6) is -0.793. The lowest BCUT2D eigenvalue weighted by Crippen LogP contribution is -2.47. The number of nitrogens with zero attached hydrogens (tertiary/aromatic N) is 1. The van der Waals surface area contributed by atoms with Crippen molar-refractivity contribution in [2.75, 3.05) is 25.0 Å². The van der Waals surface area contributed by atoms with Gasteiger partial charge in [-0.3, -0.25) is 4.79 Å². The van der Waals surface area contributed by atoms with Gasteiger partial charge in [0, 0.05) is 18.8 Å². The number of rotatable bonds is 8. The maximum absolute atomic E-state index is 11.2. The van der Waals surface area contributed by atoms with Crippen LogP contribution in [0.1, 0.15) is 32.3 Å². The second kappa shape index (κ2) is 7.29. The van der Waals surface area contributed by atoms with E-state index in [9.17, 15) is 9.90 Å². The lowest BCUT2D eigenvalue weighted by atomic mass is 9.96. The highest BCUT2D eigenvalue weighted by Gasteiger charge is 2.30. The maximum Gasteiger partial charge on any atom is 0.323 e. The van der Waals surface area contributed by atoms with Crippen LogP contribution in [0.3, 0.4) is 0 Å². The average Bonchev–Trinajstić information content (AvgIpc) is 2.43. The van der Waals surface area contributed by atoms with Crippen LogP contribution in [0.4, 0.5) is 5.69 Å². The molecule has 1 atom stereocenters. The Hall–Kier alpha value is -1.55. The fourth-order valence-corrected chi connectivity index (χ4v) is 2.26. The van der Waals surface area contributed by atoms with Gasteiger partial charge in [-0.05, 0) is 58.4 Å². The minimum atomic E-state index is -0.841. The zero-order chi connectivity index (χ0) is 15.2. The minimum absolute atomic E-state index is 0.612. The van der Waals surface area contributed by atoms with Gasteiger partial charge in [-0.1, -0.05) is 12.1 Å². The Balaban J connectivity index is 2.60. The molecule has 0 bridgehead atoms. The molecule has 1 unspecified atom stereocenters. The molecule has 0 aromatic heterocycles. The molecule has 2 N–H and O–H groups in total. The van der Waals surface area contributed by atoms with E-state index >= 15 is 0 Å². The fourth-order valence-electron chi connectivity index (χ4n) is 2.26. The third-order valence-electron chi connectivity index (χ3n) is 3.88. The highest BCUT2D eigenvalue weighted by molar-refractivity contribution is 5.78. The molecule has 0 radical (unpaired) electrons. The summed E-state index contributed by atoms with van der Waals surface area (Å²) in [5, 5.41) is 12.1. The fraction of sp³-hybridized carbons (Fsp3) is 0.562. The van der Waals surface area contributed by atoms with E-state index in [1.54, 1.807) is 14.0 Å². The molecule has 0 saturated carbocycles. The van der Waals surface area contributed by atoms with E-state index in [1.807, 2.05) is 0 Å². The summed E-state index contributed by atoms with van der Waals surface area (Å²) in [6.07, 6.45) is 1.45. The number of hydrogen-bond donors (Lipinski definition) is 2. The van der Waals surface area contributed by atoms with Gasteiger partial charge in [-0.15, -0.1) is 0 Å². The van der Waals surface area contributed by atoms with Gasteiger partial charge in [-0.2, -0.15) is 0 Å². The van der Waals surface area contributed by atoms with Gasteiger partial charge >= 0.3 is 5.97 Å². The van der Waals surface area contributed by atoms with Crippen LogP contribution in [0.5, 0.6) is 0 Å². The third kappa shape index (κ3) is 4.23. The summed E-state index contributed by atoms with van der Waals surface area (Å²) in [6, 6.07) is 8.41. The molecule has 1 aromatic rings. The molecule has 0 heterocycles. The van der Waals surface area contributed by atoms with E-state index < -0.39 is 11.5 Å². The van der Waals surface area contributed by atoms with E-state index in [0.29, 0.717) is 6.42 Å². The summed E-state index contributed by atoms with van der Waals surface area (Å²) < 4.78 is 0. The predicted octanol–water partition coefficient (Wildman–Crippen LogP) is 2.66. The Morgan fingerprint density at radius 3 is 2.65 bits per heavy atom. The largest absolute Gasteiger partial charge is 0.480 e. The molecule has 0 amide bonds. The number of carbonyl (C=O) groups is 1. The number of aliphatic carboxylic acids is 1. The SMILES string of the molecule is CCN(CCCC(C)(NC)C(=O)O)c1cccc(C)c1. The minimum Gasteiger partial charge on any atom is -0.480 e. The van der Waals surface area contributed by atoms with Crippen molar-refractivity contribution in [1.29, 1.82) is 0 Å². The molecule has 0 saturated heterocycles. The second-order valence-electron chi connectivity index (χ2n) is 5.41. The molecule has 0 spiro atoms. The van der Waals surface area contributed by atoms with E-state index in [4.69, 9.17) is 0 Å². The summed E-state index contributed by atoms with van der Waals surface area (Å²) in [4.78, 5) is 13.5. The van der Waals surface area contributed by atoms with Crippen LogP contribution in [0.25, 0.3) is 0 Å². The first-order valence-corrected chi connectivity index (χ1v) is 7.17. The van der Waals surface area contributed by atoms with Gasteiger partial charge in [0.05, 0.1) is 0 Å². The topological polar surface area (TPSA) is 52.6 Å². The van der Waals surface area contributed by atoms with Crippen molar-refractivity contribution in [2.24, 2.45) is 0 Å². The van der Waals surface area contributed by atoms with Crippen molar-refractivity contribution in [2.45, 2.75) is 39.2 Å². The first-order chi connectivity index (χ1) is 9.42. The van der Waals surface area contributed by atoms with Crippen molar-refractivity contribution >= 4 is 11.7 Å². The number of nitrogens with one attached hydrogen (secondary N) is 1. The second-order valence-corrected chi connectivity index (χ2v) is 5.41. The molecule has 0 aliphatic rings. The molecule has 0 fully saturated rings. The van der Waals surface area contributed by atoms with Gasteiger partial charge in [-0.25, -0.2) is 0 Å². The van der Waals surface area contributed by atoms with Crippen LogP contribution in [0, 0.1) is 6.92 Å². The van der Waals surface area contributed by atoms with E-state index in [1.165, 1.54) is 11.3 Å². The molecule has 112 valence electrons. The molecular weight excluding hydrogens is 252 g/mol. The Kier molecular flexibility index (Phi) is 6.02. The lowest BCUT2D eigenvalue weighted by molar-refractivity contribution is -0.144. The quantitative estimate of drug-likeness (QED) is 0.767. The van der Waals surface area contributed by atoms with Crippen molar-refractivity contribution in [3.63, 3.8) is 0 Å². The van der Waals surface area contributed by atoms with Gasteiger partial charge in [0.15, 0.2) is 0 Å². The van der Waals surface area contributed by atoms with Crippen molar-refractivity contribution in [3.8, 4) is 0 Å². The standard InChI is InChI=1S/C16H26N2O2/c1-5-18(14-9-6-8-13(2)12-14)11-7-10-16(3,17-4)15(19)20/h6,8-9,12,17H,5,7,10-11H2,1-4H3,(H,19,20). The molecule has 1 rings (SSSR count). The van der Waals surface area contributed by atoms with Gasteiger partial charge in [0.1, 0.15) is 5.54 Å². The maximum atomic E-state index is 11.2. The highest BCUT2D eigenvalue weighted by Crippen LogP contribution is 2.18. The zero-order valence-electron chi connectivity index (χ0n) is 12.9. The van der Waals surface area contributed by atoms with Gasteiger partial charge in [0.25, 0.3) is 0 Å². The number of hydrogen-bond acceptors (Lipinski definition) is 3. The predicted molar refractivity (Wildman–Crippen MR) is 83.4 cm³/mol. The van der Waals surface area contributed by atoms with Crippen LogP contribution < -0.4 is 10.2 Å². The number of carboxylic acid groups (broad SMARTS) is 1. The van der Waals surface area contributed by atoms with Gasteiger partial charge < -0.3 is 15.3 Å². The van der Waals surface area contributed by atoms with Crippen LogP contribution in [-0.4, -0.2) is 36.8 Å². The van der Waals surface area contributed by atoms with E-state index in [2.05, 4.69) is 48.3 Å². The van der Waals surface area contributed by atoms with Crippen LogP contribution >= 0.6 is 0 Å². The smallest absolute Gasteiger partial charge is 0.323 e. The monoisotopic (exact) mass is 278 g/mol. The molecule has 0 aliphatic carbocycles. The van der Waals surface area contributed by atoms with Crippen molar-refractivity contribution in [3.05, 3.63) is 29.8 Å². The van der Waals surface area contributed by atoms with E-state index in [0.717, 1.165) is 19.5 Å². The Morgan fingerprint density at radius 2 is 2.15 bits per heavy atom. The molecule has 20 heavy (non-hydrogen) atoms. The molecule has 0 aliphatic heterocycles. The summed E-state index contributed by atoms with van der Waals surface area (Å²) >= 11 is 0. The van der Waals surface area contributed by atoms with Crippen LogP contribution in [-0.2, 0) is 4.79 Å². The van der Waals surface area contributed by atoms with Gasteiger partial charge in [0.2, 0.25) is 0 Å². The van der Waals surface area contributed by atoms with Crippen LogP contribution in [0.15, 0.2) is 24.3 Å². The highest BCUT2D eigenvalue weighted by atomic mass is 16.4. The summed E-state index contributed by atoms with van der Waals surface area (Å²) in [7, 11) is 1.70. The molecule has 4 heteroatoms. The zero-order valence-corrected chi connectivity index (χ0v) is 12.9. The first-order valence-electron chi connectivity index (χ1n) is 7.17. The number of anilines is 1. The molecule has 4 nitrogen and oxygen atoms in total. The Morgan fingerprint density at radius 1 is 1.45 bits per heavy atom. The Bertz CT molecular complexity index is 448. The van der Waals surface area contributed by atoms with Crippen molar-refractivity contribution in [1.82, 2.24) is 5.32 Å². The average molecular weight is 278 g/mol. The summed E-state index contributed by atoms with van der Waals surface area (Å²) in [5.41, 5.74) is 1.60. The molecule has 1 aromatic carbocycles. The first kappa shape index (κ1) is 16.5. The van der Waals surface area contributed by atoms with Crippen LogP contribution in [0.2, 0.25) is 0 Å². The number of carboxylic acids is 1. The normalized spacial score (nSPS) is 13.8. The number of aryl methyl sites for hydroxylation is 1. The third-order valence-corrected chi connectivity index (χ3v) is 3.88.